The highest BCUT2D eigenvalue weighted by molar-refractivity contribution is 5.98. The third kappa shape index (κ3) is 23.6. The molecule has 0 saturated carbocycles. The summed E-state index contributed by atoms with van der Waals surface area (Å²) < 4.78 is 12.6. The minimum Gasteiger partial charge on any atom is -0.480 e. The van der Waals surface area contributed by atoms with Gasteiger partial charge in [-0.2, -0.15) is 0 Å². The van der Waals surface area contributed by atoms with Gasteiger partial charge >= 0.3 is 5.97 Å². The first kappa shape index (κ1) is 69.7. The van der Waals surface area contributed by atoms with Crippen LogP contribution in [0.2, 0.25) is 0 Å². The van der Waals surface area contributed by atoms with Crippen molar-refractivity contribution < 1.29 is 82.4 Å². The standard InChI is InChI=1S/C53H74FN17O16/c1-27(73)45(50(84)66-22-41(77)61-23-42(78)67-37(52(86)87)17-30-19-60-35-11-6-4-9-32(30)35)70-43(79)24-63-40(76)21-65-48(82)36(12-7-14-57-53(56)58-15-13-54)68-49(83)38(26-72)69-51(85)46(28(2)74)71-44(80)25-62-39(75)20-64-47(81)33(55)16-29-18-59-34-10-5-3-8-31(29)34/h3-6,8-11,18-19,27-28,33,36-38,45-46,59-60,72-74H,7,12-17,20-26,55H2,1-2H3,(H,61,77)(H,62,75)(H,63,76)(H,64,81)(H,65,82)(H,66,84)(H,67,78)(H,68,83)(H,69,85)(H,70,79)(H,71,80)(H,86,87)(H3,56,57,58)/t27-,28-,33+,36+,37+,38+,45+,46+/m1/s1. The molecule has 0 saturated heterocycles. The Morgan fingerprint density at radius 3 is 1.48 bits per heavy atom. The normalized spacial score (nSPS) is 14.0. The maximum absolute atomic E-state index is 13.5. The average Bonchev–Trinajstić information content (AvgIpc) is 2.79. The van der Waals surface area contributed by atoms with Crippen LogP contribution in [0.4, 0.5) is 4.39 Å². The summed E-state index contributed by atoms with van der Waals surface area (Å²) in [7, 11) is 0. The summed E-state index contributed by atoms with van der Waals surface area (Å²) in [6, 6.07) is 5.32. The van der Waals surface area contributed by atoms with Crippen LogP contribution in [-0.2, 0) is 70.4 Å². The molecule has 0 unspecified atom stereocenters. The average molecular weight is 1220 g/mol. The molecule has 0 bridgehead atoms. The summed E-state index contributed by atoms with van der Waals surface area (Å²) in [5, 5.41) is 69.2. The maximum Gasteiger partial charge on any atom is 0.326 e. The zero-order valence-electron chi connectivity index (χ0n) is 47.5. The van der Waals surface area contributed by atoms with Gasteiger partial charge in [0.25, 0.3) is 0 Å². The van der Waals surface area contributed by atoms with E-state index < -0.39 is 172 Å². The molecule has 4 rings (SSSR count). The van der Waals surface area contributed by atoms with Crippen LogP contribution < -0.4 is 75.3 Å². The van der Waals surface area contributed by atoms with E-state index in [1.807, 2.05) is 24.3 Å². The topological polar surface area (TPSA) is 526 Å². The molecule has 0 aliphatic rings. The van der Waals surface area contributed by atoms with Gasteiger partial charge in [-0.25, -0.2) is 9.18 Å². The van der Waals surface area contributed by atoms with Crippen LogP contribution in [0.25, 0.3) is 21.8 Å². The highest BCUT2D eigenvalue weighted by atomic mass is 19.1. The number of nitrogens with two attached hydrogens (primary N) is 2. The molecule has 22 N–H and O–H groups in total. The van der Waals surface area contributed by atoms with Gasteiger partial charge in [0.2, 0.25) is 65.0 Å². The number of para-hydroxylation sites is 2. The molecule has 0 spiro atoms. The number of aromatic nitrogens is 2. The van der Waals surface area contributed by atoms with Crippen molar-refractivity contribution in [1.82, 2.24) is 73.8 Å². The van der Waals surface area contributed by atoms with Crippen LogP contribution in [0.1, 0.15) is 37.8 Å². The second-order valence-corrected chi connectivity index (χ2v) is 19.6. The quantitative estimate of drug-likeness (QED) is 0.0114. The molecule has 0 fully saturated rings. The number of carbonyl (C=O) groups is 12. The number of hydrogen-bond donors (Lipinski definition) is 20. The molecule has 11 amide bonds. The molecule has 2 aromatic heterocycles. The number of guanidine groups is 1. The number of carboxylic acids is 1. The number of halogens is 1. The predicted octanol–water partition coefficient (Wildman–Crippen LogP) is -7.62. The summed E-state index contributed by atoms with van der Waals surface area (Å²) in [5.74, 6) is -12.1. The van der Waals surface area contributed by atoms with E-state index in [0.717, 1.165) is 41.2 Å². The molecule has 87 heavy (non-hydrogen) atoms. The molecule has 0 aliphatic carbocycles. The van der Waals surface area contributed by atoms with Crippen LogP contribution in [0.15, 0.2) is 65.9 Å². The lowest BCUT2D eigenvalue weighted by atomic mass is 10.1. The molecular formula is C53H74FN17O16. The first-order chi connectivity index (χ1) is 41.4. The molecular weight excluding hydrogens is 1150 g/mol. The Morgan fingerprint density at radius 1 is 0.540 bits per heavy atom. The summed E-state index contributed by atoms with van der Waals surface area (Å²) in [6.07, 6.45) is 0.0140. The summed E-state index contributed by atoms with van der Waals surface area (Å²) >= 11 is 0. The second kappa shape index (κ2) is 35.5. The minimum atomic E-state index is -1.83. The van der Waals surface area contributed by atoms with Gasteiger partial charge in [-0.05, 0) is 56.4 Å². The van der Waals surface area contributed by atoms with Gasteiger partial charge in [0, 0.05) is 53.7 Å². The van der Waals surface area contributed by atoms with Gasteiger partial charge in [-0.1, -0.05) is 36.4 Å². The van der Waals surface area contributed by atoms with Crippen molar-refractivity contribution in [2.75, 3.05) is 65.6 Å². The zero-order chi connectivity index (χ0) is 64.2. The molecule has 2 aromatic carbocycles. The van der Waals surface area contributed by atoms with Crippen molar-refractivity contribution in [3.63, 3.8) is 0 Å². The number of amides is 11. The number of aliphatic hydroxyl groups excluding tert-OH is 3. The smallest absolute Gasteiger partial charge is 0.326 e. The predicted molar refractivity (Wildman–Crippen MR) is 307 cm³/mol. The van der Waals surface area contributed by atoms with Gasteiger partial charge in [-0.3, -0.25) is 57.7 Å². The number of hydrogen-bond acceptors (Lipinski definition) is 17. The van der Waals surface area contributed by atoms with E-state index in [0.29, 0.717) is 5.56 Å². The molecule has 34 heteroatoms. The van der Waals surface area contributed by atoms with E-state index in [2.05, 4.69) is 78.8 Å². The van der Waals surface area contributed by atoms with Crippen LogP contribution in [-0.4, -0.2) is 221 Å². The first-order valence-electron chi connectivity index (χ1n) is 27.2. The Bertz CT molecular complexity index is 3100. The molecule has 8 atom stereocenters. The minimum absolute atomic E-state index is 0.0136. The number of carbonyl (C=O) groups excluding carboxylic acids is 11. The van der Waals surface area contributed by atoms with E-state index in [1.165, 1.54) is 0 Å². The fraction of sp³-hybridized carbons (Fsp3) is 0.453. The van der Waals surface area contributed by atoms with Crippen molar-refractivity contribution in [2.45, 2.75) is 88.0 Å². The number of aliphatic imine (C=N–C) groups is 1. The molecule has 474 valence electrons. The Labute approximate surface area is 495 Å². The number of alkyl halides is 1. The van der Waals surface area contributed by atoms with E-state index in [-0.39, 0.29) is 44.7 Å². The van der Waals surface area contributed by atoms with Gasteiger partial charge in [0.05, 0.1) is 64.1 Å². The van der Waals surface area contributed by atoms with Crippen molar-refractivity contribution in [2.24, 2.45) is 16.5 Å². The number of nitrogens with zero attached hydrogens (tertiary/aromatic N) is 1. The van der Waals surface area contributed by atoms with Crippen LogP contribution >= 0.6 is 0 Å². The maximum atomic E-state index is 13.5. The van der Waals surface area contributed by atoms with Crippen molar-refractivity contribution >= 4 is 98.7 Å². The van der Waals surface area contributed by atoms with Gasteiger partial charge in [0.1, 0.15) is 36.9 Å². The van der Waals surface area contributed by atoms with Crippen LogP contribution in [0.3, 0.4) is 0 Å². The van der Waals surface area contributed by atoms with E-state index >= 15 is 0 Å². The Morgan fingerprint density at radius 2 is 0.989 bits per heavy atom. The Kier molecular flexibility index (Phi) is 28.4. The van der Waals surface area contributed by atoms with Gasteiger partial charge in [0.15, 0.2) is 5.96 Å². The summed E-state index contributed by atoms with van der Waals surface area (Å²) in [5.41, 5.74) is 14.8. The zero-order valence-corrected chi connectivity index (χ0v) is 47.5. The number of H-pyrrole nitrogens is 2. The van der Waals surface area contributed by atoms with E-state index in [1.54, 1.807) is 36.7 Å². The van der Waals surface area contributed by atoms with Crippen molar-refractivity contribution in [3.05, 3.63) is 72.1 Å². The van der Waals surface area contributed by atoms with Crippen LogP contribution in [0.5, 0.6) is 0 Å². The molecule has 0 radical (unpaired) electrons. The van der Waals surface area contributed by atoms with E-state index in [9.17, 15) is 82.4 Å². The fourth-order valence-corrected chi connectivity index (χ4v) is 8.17. The van der Waals surface area contributed by atoms with E-state index in [4.69, 9.17) is 11.5 Å². The number of nitrogens with one attached hydrogen (secondary N) is 14. The number of aliphatic carboxylic acids is 1. The summed E-state index contributed by atoms with van der Waals surface area (Å²) in [6.45, 7) is -4.21. The van der Waals surface area contributed by atoms with Gasteiger partial charge < -0.3 is 106 Å². The fourth-order valence-electron chi connectivity index (χ4n) is 8.17. The summed E-state index contributed by atoms with van der Waals surface area (Å²) in [4.78, 5) is 164. The number of fused-ring (bicyclic) bond motifs is 2. The third-order valence-corrected chi connectivity index (χ3v) is 12.7. The Hall–Kier alpha value is -9.80. The highest BCUT2D eigenvalue weighted by Gasteiger charge is 2.32. The van der Waals surface area contributed by atoms with Crippen molar-refractivity contribution in [1.29, 1.82) is 0 Å². The largest absolute Gasteiger partial charge is 0.480 e. The number of carboxylic acid groups (broad SMARTS) is 1. The molecule has 0 aliphatic heterocycles. The van der Waals surface area contributed by atoms with Crippen LogP contribution in [0, 0.1) is 0 Å². The molecule has 33 nitrogen and oxygen atoms in total. The lowest BCUT2D eigenvalue weighted by Gasteiger charge is -2.25. The molecule has 4 aromatic rings. The molecule has 2 heterocycles. The monoisotopic (exact) mass is 1220 g/mol. The Balaban J connectivity index is 1.23. The number of rotatable bonds is 36. The number of aliphatic hydroxyl groups is 3. The SMILES string of the molecule is C[C@@H](O)[C@H](NC(=O)CNC(=O)CNC(=O)[C@H](CCCN=C(N)NCCF)NC(=O)[C@H](CO)NC(=O)[C@@H](NC(=O)CNC(=O)CNC(=O)[C@@H](N)Cc1c[nH]c2ccccc12)[C@@H](C)O)C(=O)NCC(=O)NCC(=O)N[C@@H](Cc1c[nH]c2ccccc12)C(=O)O. The second-order valence-electron chi connectivity index (χ2n) is 19.6. The lowest BCUT2D eigenvalue weighted by molar-refractivity contribution is -0.141. The third-order valence-electron chi connectivity index (χ3n) is 12.7. The highest BCUT2D eigenvalue weighted by Crippen LogP contribution is 2.20. The number of aromatic amines is 2. The number of benzene rings is 2. The van der Waals surface area contributed by atoms with Crippen molar-refractivity contribution in [3.8, 4) is 0 Å². The first-order valence-corrected chi connectivity index (χ1v) is 27.2. The van der Waals surface area contributed by atoms with Gasteiger partial charge in [-0.15, -0.1) is 0 Å². The lowest BCUT2D eigenvalue weighted by Crippen LogP contribution is -2.60.